The number of nitrogens with one attached hydrogen (secondary N) is 1. The molecule has 0 amide bonds. The average Bonchev–Trinajstić information content (AvgIpc) is 2.64. The lowest BCUT2D eigenvalue weighted by Gasteiger charge is -2.14. The third kappa shape index (κ3) is 2.49. The van der Waals surface area contributed by atoms with E-state index in [0.717, 1.165) is 25.2 Å². The molecule has 2 heterocycles. The third-order valence-electron chi connectivity index (χ3n) is 2.74. The van der Waals surface area contributed by atoms with Gasteiger partial charge in [0.25, 0.3) is 0 Å². The summed E-state index contributed by atoms with van der Waals surface area (Å²) < 4.78 is 0. The van der Waals surface area contributed by atoms with Crippen LogP contribution in [0.1, 0.15) is 16.9 Å². The number of pyridine rings is 1. The second kappa shape index (κ2) is 4.49. The van der Waals surface area contributed by atoms with Crippen LogP contribution < -0.4 is 5.32 Å². The van der Waals surface area contributed by atoms with Gasteiger partial charge in [0.15, 0.2) is 0 Å². The first-order chi connectivity index (χ1) is 7.65. The summed E-state index contributed by atoms with van der Waals surface area (Å²) in [5, 5.41) is 12.1. The molecule has 1 unspecified atom stereocenters. The van der Waals surface area contributed by atoms with Gasteiger partial charge in [0.1, 0.15) is 5.69 Å². The van der Waals surface area contributed by atoms with E-state index in [2.05, 4.69) is 22.2 Å². The van der Waals surface area contributed by atoms with E-state index in [9.17, 15) is 4.79 Å². The Hall–Kier alpha value is -1.62. The second-order valence-electron chi connectivity index (χ2n) is 4.13. The number of aromatic carboxylic acids is 1. The van der Waals surface area contributed by atoms with Crippen molar-refractivity contribution in [1.29, 1.82) is 0 Å². The predicted octanol–water partition coefficient (Wildman–Crippen LogP) is 0.896. The number of carbonyl (C=O) groups is 1. The van der Waals surface area contributed by atoms with Crippen molar-refractivity contribution in [3.05, 3.63) is 24.0 Å². The van der Waals surface area contributed by atoms with Gasteiger partial charge in [-0.3, -0.25) is 0 Å². The lowest BCUT2D eigenvalue weighted by atomic mass is 10.2. The zero-order valence-electron chi connectivity index (χ0n) is 9.18. The molecule has 0 aromatic carbocycles. The van der Waals surface area contributed by atoms with Crippen molar-refractivity contribution in [3.8, 4) is 0 Å². The van der Waals surface area contributed by atoms with Crippen molar-refractivity contribution < 1.29 is 9.90 Å². The minimum absolute atomic E-state index is 0.0800. The summed E-state index contributed by atoms with van der Waals surface area (Å²) in [6.45, 7) is 2.07. The fourth-order valence-corrected chi connectivity index (χ4v) is 1.93. The molecule has 1 saturated heterocycles. The first kappa shape index (κ1) is 10.9. The molecule has 0 bridgehead atoms. The largest absolute Gasteiger partial charge is 0.477 e. The van der Waals surface area contributed by atoms with Gasteiger partial charge in [-0.2, -0.15) is 0 Å². The van der Waals surface area contributed by atoms with Gasteiger partial charge in [0.2, 0.25) is 0 Å². The molecule has 1 atom stereocenters. The first-order valence-electron chi connectivity index (χ1n) is 5.29. The van der Waals surface area contributed by atoms with E-state index in [1.165, 1.54) is 6.20 Å². The molecule has 86 valence electrons. The van der Waals surface area contributed by atoms with Crippen molar-refractivity contribution in [2.45, 2.75) is 12.5 Å². The van der Waals surface area contributed by atoms with Crippen LogP contribution in [0, 0.1) is 0 Å². The van der Waals surface area contributed by atoms with Crippen molar-refractivity contribution in [3.63, 3.8) is 0 Å². The lowest BCUT2D eigenvalue weighted by molar-refractivity contribution is 0.0690. The minimum atomic E-state index is -0.993. The van der Waals surface area contributed by atoms with Gasteiger partial charge in [0.05, 0.1) is 0 Å². The van der Waals surface area contributed by atoms with E-state index in [0.29, 0.717) is 6.04 Å². The molecule has 0 spiro atoms. The number of rotatable bonds is 3. The molecule has 1 aromatic rings. The van der Waals surface area contributed by atoms with Gasteiger partial charge in [-0.15, -0.1) is 0 Å². The predicted molar refractivity (Wildman–Crippen MR) is 60.7 cm³/mol. The molecule has 5 nitrogen and oxygen atoms in total. The number of hydrogen-bond acceptors (Lipinski definition) is 4. The van der Waals surface area contributed by atoms with Crippen molar-refractivity contribution >= 4 is 11.7 Å². The summed E-state index contributed by atoms with van der Waals surface area (Å²) in [6, 6.07) is 3.76. The Kier molecular flexibility index (Phi) is 3.05. The summed E-state index contributed by atoms with van der Waals surface area (Å²) in [5.74, 6) is -0.993. The molecule has 1 aliphatic rings. The molecule has 5 heteroatoms. The molecule has 1 aromatic heterocycles. The van der Waals surface area contributed by atoms with E-state index in [1.807, 2.05) is 0 Å². The summed E-state index contributed by atoms with van der Waals surface area (Å²) in [6.07, 6.45) is 2.60. The molecular formula is C11H15N3O2. The Labute approximate surface area is 94.1 Å². The SMILES string of the molecule is CN1CCC(Nc2ccnc(C(=O)O)c2)C1. The molecule has 16 heavy (non-hydrogen) atoms. The highest BCUT2D eigenvalue weighted by Gasteiger charge is 2.19. The second-order valence-corrected chi connectivity index (χ2v) is 4.13. The van der Waals surface area contributed by atoms with E-state index in [4.69, 9.17) is 5.11 Å². The molecule has 2 N–H and O–H groups in total. The van der Waals surface area contributed by atoms with Crippen LogP contribution >= 0.6 is 0 Å². The molecule has 1 fully saturated rings. The summed E-state index contributed by atoms with van der Waals surface area (Å²) in [7, 11) is 2.08. The average molecular weight is 221 g/mol. The maximum atomic E-state index is 10.7. The van der Waals surface area contributed by atoms with E-state index < -0.39 is 5.97 Å². The van der Waals surface area contributed by atoms with Crippen molar-refractivity contribution in [2.24, 2.45) is 0 Å². The number of anilines is 1. The fourth-order valence-electron chi connectivity index (χ4n) is 1.93. The van der Waals surface area contributed by atoms with Crippen LogP contribution in [0.15, 0.2) is 18.3 Å². The van der Waals surface area contributed by atoms with Gasteiger partial charge < -0.3 is 15.3 Å². The quantitative estimate of drug-likeness (QED) is 0.793. The van der Waals surface area contributed by atoms with Crippen LogP contribution in [-0.2, 0) is 0 Å². The Morgan fingerprint density at radius 2 is 2.50 bits per heavy atom. The first-order valence-corrected chi connectivity index (χ1v) is 5.29. The lowest BCUT2D eigenvalue weighted by Crippen LogP contribution is -2.23. The Bertz CT molecular complexity index is 395. The van der Waals surface area contributed by atoms with Gasteiger partial charge >= 0.3 is 5.97 Å². The zero-order valence-corrected chi connectivity index (χ0v) is 9.18. The fraction of sp³-hybridized carbons (Fsp3) is 0.455. The summed E-state index contributed by atoms with van der Waals surface area (Å²) in [5.41, 5.74) is 0.907. The molecule has 2 rings (SSSR count). The highest BCUT2D eigenvalue weighted by atomic mass is 16.4. The molecule has 0 aliphatic carbocycles. The molecule has 1 aliphatic heterocycles. The highest BCUT2D eigenvalue weighted by Crippen LogP contribution is 2.15. The number of aromatic nitrogens is 1. The zero-order chi connectivity index (χ0) is 11.5. The third-order valence-corrected chi connectivity index (χ3v) is 2.74. The van der Waals surface area contributed by atoms with E-state index in [-0.39, 0.29) is 5.69 Å². The van der Waals surface area contributed by atoms with Gasteiger partial charge in [-0.05, 0) is 32.1 Å². The minimum Gasteiger partial charge on any atom is -0.477 e. The Morgan fingerprint density at radius 1 is 1.69 bits per heavy atom. The standard InChI is InChI=1S/C11H15N3O2/c1-14-5-3-9(7-14)13-8-2-4-12-10(6-8)11(15)16/h2,4,6,9H,3,5,7H2,1H3,(H,12,13)(H,15,16). The summed E-state index contributed by atoms with van der Waals surface area (Å²) in [4.78, 5) is 16.8. The van der Waals surface area contributed by atoms with Crippen LogP contribution in [0.3, 0.4) is 0 Å². The maximum Gasteiger partial charge on any atom is 0.354 e. The topological polar surface area (TPSA) is 65.5 Å². The Balaban J connectivity index is 2.04. The number of hydrogen-bond donors (Lipinski definition) is 2. The van der Waals surface area contributed by atoms with Crippen LogP contribution in [0.2, 0.25) is 0 Å². The smallest absolute Gasteiger partial charge is 0.354 e. The number of carboxylic acid groups (broad SMARTS) is 1. The van der Waals surface area contributed by atoms with Gasteiger partial charge in [-0.25, -0.2) is 9.78 Å². The molecular weight excluding hydrogens is 206 g/mol. The van der Waals surface area contributed by atoms with Crippen LogP contribution in [0.4, 0.5) is 5.69 Å². The maximum absolute atomic E-state index is 10.7. The van der Waals surface area contributed by atoms with Crippen molar-refractivity contribution in [2.75, 3.05) is 25.5 Å². The van der Waals surface area contributed by atoms with Crippen LogP contribution in [0.5, 0.6) is 0 Å². The molecule has 0 saturated carbocycles. The number of nitrogens with zero attached hydrogens (tertiary/aromatic N) is 2. The Morgan fingerprint density at radius 3 is 3.12 bits per heavy atom. The van der Waals surface area contributed by atoms with Gasteiger partial charge in [-0.1, -0.05) is 0 Å². The van der Waals surface area contributed by atoms with E-state index in [1.54, 1.807) is 12.1 Å². The number of likely N-dealkylation sites (tertiary alicyclic amines) is 1. The summed E-state index contributed by atoms with van der Waals surface area (Å²) >= 11 is 0. The number of carboxylic acids is 1. The van der Waals surface area contributed by atoms with Crippen LogP contribution in [-0.4, -0.2) is 47.1 Å². The van der Waals surface area contributed by atoms with Crippen LogP contribution in [0.25, 0.3) is 0 Å². The van der Waals surface area contributed by atoms with Gasteiger partial charge in [0, 0.05) is 24.5 Å². The highest BCUT2D eigenvalue weighted by molar-refractivity contribution is 5.86. The monoisotopic (exact) mass is 221 g/mol. The van der Waals surface area contributed by atoms with Crippen molar-refractivity contribution in [1.82, 2.24) is 9.88 Å². The molecule has 0 radical (unpaired) electrons. The van der Waals surface area contributed by atoms with E-state index >= 15 is 0 Å². The number of likely N-dealkylation sites (N-methyl/N-ethyl adjacent to an activating group) is 1. The normalized spacial score (nSPS) is 20.9.